The van der Waals surface area contributed by atoms with E-state index in [1.54, 1.807) is 36.9 Å². The van der Waals surface area contributed by atoms with Crippen molar-refractivity contribution in [1.82, 2.24) is 10.3 Å². The molecule has 0 radical (unpaired) electrons. The summed E-state index contributed by atoms with van der Waals surface area (Å²) in [6.07, 6.45) is 0.927. The van der Waals surface area contributed by atoms with Gasteiger partial charge in [0.1, 0.15) is 16.5 Å². The van der Waals surface area contributed by atoms with Crippen LogP contribution in [0.4, 0.5) is 0 Å². The third-order valence-corrected chi connectivity index (χ3v) is 5.92. The second-order valence-electron chi connectivity index (χ2n) is 5.72. The van der Waals surface area contributed by atoms with Crippen molar-refractivity contribution in [3.63, 3.8) is 0 Å². The predicted molar refractivity (Wildman–Crippen MR) is 104 cm³/mol. The average Bonchev–Trinajstić information content (AvgIpc) is 3.29. The van der Waals surface area contributed by atoms with E-state index in [2.05, 4.69) is 33.2 Å². The van der Waals surface area contributed by atoms with Crippen molar-refractivity contribution in [2.45, 2.75) is 25.9 Å². The van der Waals surface area contributed by atoms with Gasteiger partial charge in [0.15, 0.2) is 0 Å². The average molecular weight is 375 g/mol. The molecule has 0 unspecified atom stereocenters. The van der Waals surface area contributed by atoms with Gasteiger partial charge in [0.2, 0.25) is 0 Å². The molecule has 2 aromatic heterocycles. The van der Waals surface area contributed by atoms with Crippen molar-refractivity contribution in [3.8, 4) is 11.5 Å². The van der Waals surface area contributed by atoms with Crippen molar-refractivity contribution in [2.24, 2.45) is 0 Å². The van der Waals surface area contributed by atoms with Gasteiger partial charge in [-0.1, -0.05) is 6.07 Å². The molecule has 0 aliphatic rings. The fraction of sp³-hybridized carbons (Fsp3) is 0.316. The molecule has 0 saturated heterocycles. The van der Waals surface area contributed by atoms with E-state index in [1.807, 2.05) is 25.1 Å². The molecule has 1 N–H and O–H groups in total. The second-order valence-corrected chi connectivity index (χ2v) is 7.64. The van der Waals surface area contributed by atoms with Crippen molar-refractivity contribution < 1.29 is 9.47 Å². The topological polar surface area (TPSA) is 43.4 Å². The molecule has 0 spiro atoms. The summed E-state index contributed by atoms with van der Waals surface area (Å²) in [5.74, 6) is 1.69. The van der Waals surface area contributed by atoms with Gasteiger partial charge in [-0.3, -0.25) is 0 Å². The van der Waals surface area contributed by atoms with Crippen LogP contribution in [0, 0.1) is 6.92 Å². The highest BCUT2D eigenvalue weighted by Crippen LogP contribution is 2.27. The maximum atomic E-state index is 5.49. The lowest BCUT2D eigenvalue weighted by Crippen LogP contribution is -2.23. The summed E-state index contributed by atoms with van der Waals surface area (Å²) in [6, 6.07) is 10.3. The van der Waals surface area contributed by atoms with Crippen LogP contribution in [0.1, 0.15) is 27.2 Å². The fourth-order valence-electron chi connectivity index (χ4n) is 2.66. The van der Waals surface area contributed by atoms with Gasteiger partial charge >= 0.3 is 0 Å². The Balaban J connectivity index is 1.78. The first-order valence-corrected chi connectivity index (χ1v) is 9.84. The predicted octanol–water partition coefficient (Wildman–Crippen LogP) is 4.60. The van der Waals surface area contributed by atoms with Crippen LogP contribution in [0.5, 0.6) is 11.5 Å². The summed E-state index contributed by atoms with van der Waals surface area (Å²) in [5.41, 5.74) is 2.14. The SMILES string of the molecule is COc1ccc(OC)c(CN[C@@H](Cc2cccs2)c2nc(C)cs2)c1. The number of thiophene rings is 1. The van der Waals surface area contributed by atoms with Crippen molar-refractivity contribution in [3.05, 3.63) is 62.2 Å². The monoisotopic (exact) mass is 374 g/mol. The van der Waals surface area contributed by atoms with Crippen LogP contribution < -0.4 is 14.8 Å². The Morgan fingerprint density at radius 2 is 2.04 bits per heavy atom. The molecule has 3 aromatic rings. The summed E-state index contributed by atoms with van der Waals surface area (Å²) in [7, 11) is 3.37. The van der Waals surface area contributed by atoms with Crippen LogP contribution in [0.3, 0.4) is 0 Å². The van der Waals surface area contributed by atoms with E-state index in [1.165, 1.54) is 4.88 Å². The molecule has 3 rings (SSSR count). The minimum atomic E-state index is 0.174. The van der Waals surface area contributed by atoms with Crippen molar-refractivity contribution in [2.75, 3.05) is 14.2 Å². The van der Waals surface area contributed by atoms with Crippen LogP contribution in [-0.2, 0) is 13.0 Å². The maximum absolute atomic E-state index is 5.49. The van der Waals surface area contributed by atoms with E-state index in [0.29, 0.717) is 6.54 Å². The van der Waals surface area contributed by atoms with Gasteiger partial charge in [-0.2, -0.15) is 0 Å². The standard InChI is InChI=1S/C19H22N2O2S2/c1-13-12-25-19(21-13)17(10-16-5-4-8-24-16)20-11-14-9-15(22-2)6-7-18(14)23-3/h4-9,12,17,20H,10-11H2,1-3H3/t17-/m0/s1. The number of hydrogen-bond acceptors (Lipinski definition) is 6. The highest BCUT2D eigenvalue weighted by atomic mass is 32.1. The molecule has 132 valence electrons. The zero-order chi connectivity index (χ0) is 17.6. The lowest BCUT2D eigenvalue weighted by Gasteiger charge is -2.18. The first-order chi connectivity index (χ1) is 12.2. The molecule has 1 atom stereocenters. The van der Waals surface area contributed by atoms with Crippen LogP contribution >= 0.6 is 22.7 Å². The van der Waals surface area contributed by atoms with Crippen molar-refractivity contribution >= 4 is 22.7 Å². The van der Waals surface area contributed by atoms with Gasteiger partial charge in [0, 0.05) is 34.5 Å². The number of thiazole rings is 1. The molecule has 25 heavy (non-hydrogen) atoms. The Hall–Kier alpha value is -1.89. The highest BCUT2D eigenvalue weighted by molar-refractivity contribution is 7.10. The maximum Gasteiger partial charge on any atom is 0.123 e. The molecule has 4 nitrogen and oxygen atoms in total. The summed E-state index contributed by atoms with van der Waals surface area (Å²) in [5, 5.41) is 8.98. The van der Waals surface area contributed by atoms with Crippen LogP contribution in [-0.4, -0.2) is 19.2 Å². The highest BCUT2D eigenvalue weighted by Gasteiger charge is 2.17. The number of benzene rings is 1. The van der Waals surface area contributed by atoms with Crippen molar-refractivity contribution in [1.29, 1.82) is 0 Å². The molecule has 0 amide bonds. The number of methoxy groups -OCH3 is 2. The molecular formula is C19H22N2O2S2. The van der Waals surface area contributed by atoms with Crippen LogP contribution in [0.2, 0.25) is 0 Å². The Kier molecular flexibility index (Phi) is 6.07. The normalized spacial score (nSPS) is 12.1. The quantitative estimate of drug-likeness (QED) is 0.626. The van der Waals surface area contributed by atoms with Gasteiger partial charge in [0.05, 0.1) is 20.3 Å². The Morgan fingerprint density at radius 3 is 2.68 bits per heavy atom. The summed E-state index contributed by atoms with van der Waals surface area (Å²) in [4.78, 5) is 6.03. The molecule has 0 saturated carbocycles. The van der Waals surface area contributed by atoms with Gasteiger partial charge in [-0.25, -0.2) is 4.98 Å². The zero-order valence-electron chi connectivity index (χ0n) is 14.6. The smallest absolute Gasteiger partial charge is 0.123 e. The Labute approximate surface area is 156 Å². The molecule has 2 heterocycles. The van der Waals surface area contributed by atoms with Gasteiger partial charge in [-0.05, 0) is 36.6 Å². The molecule has 1 aromatic carbocycles. The summed E-state index contributed by atoms with van der Waals surface area (Å²) >= 11 is 3.49. The van der Waals surface area contributed by atoms with Gasteiger partial charge < -0.3 is 14.8 Å². The van der Waals surface area contributed by atoms with Gasteiger partial charge in [0.25, 0.3) is 0 Å². The first kappa shape index (κ1) is 17.9. The van der Waals surface area contributed by atoms with Gasteiger partial charge in [-0.15, -0.1) is 22.7 Å². The molecule has 0 aliphatic heterocycles. The number of aryl methyl sites for hydroxylation is 1. The molecule has 0 aliphatic carbocycles. The Morgan fingerprint density at radius 1 is 1.16 bits per heavy atom. The van der Waals surface area contributed by atoms with Crippen LogP contribution in [0.25, 0.3) is 0 Å². The number of ether oxygens (including phenoxy) is 2. The Bertz CT molecular complexity index is 800. The van der Waals surface area contributed by atoms with E-state index in [4.69, 9.17) is 9.47 Å². The number of nitrogens with one attached hydrogen (secondary N) is 1. The van der Waals surface area contributed by atoms with E-state index in [0.717, 1.165) is 34.2 Å². The molecular weight excluding hydrogens is 352 g/mol. The molecule has 6 heteroatoms. The fourth-order valence-corrected chi connectivity index (χ4v) is 4.29. The lowest BCUT2D eigenvalue weighted by molar-refractivity contribution is 0.395. The zero-order valence-corrected chi connectivity index (χ0v) is 16.2. The number of nitrogens with zero attached hydrogens (tertiary/aromatic N) is 1. The van der Waals surface area contributed by atoms with E-state index in [-0.39, 0.29) is 6.04 Å². The summed E-state index contributed by atoms with van der Waals surface area (Å²) < 4.78 is 10.8. The molecule has 0 fully saturated rings. The number of aromatic nitrogens is 1. The third-order valence-electron chi connectivity index (χ3n) is 3.95. The second kappa shape index (κ2) is 8.47. The minimum absolute atomic E-state index is 0.174. The van der Waals surface area contributed by atoms with E-state index in [9.17, 15) is 0 Å². The minimum Gasteiger partial charge on any atom is -0.497 e. The largest absolute Gasteiger partial charge is 0.497 e. The van der Waals surface area contributed by atoms with E-state index < -0.39 is 0 Å². The number of rotatable bonds is 8. The number of hydrogen-bond donors (Lipinski definition) is 1. The summed E-state index contributed by atoms with van der Waals surface area (Å²) in [6.45, 7) is 2.72. The van der Waals surface area contributed by atoms with E-state index >= 15 is 0 Å². The lowest BCUT2D eigenvalue weighted by atomic mass is 10.1. The first-order valence-electron chi connectivity index (χ1n) is 8.08. The molecule has 0 bridgehead atoms. The third kappa shape index (κ3) is 4.60. The van der Waals surface area contributed by atoms with Crippen LogP contribution in [0.15, 0.2) is 41.1 Å².